The minimum atomic E-state index is -0.833. The second-order valence-electron chi connectivity index (χ2n) is 2.00. The van der Waals surface area contributed by atoms with Crippen LogP contribution >= 0.6 is 23.2 Å². The standard InChI is InChI=1S/C6H4Cl2O.CH4N2O/c7-4-1-2-5(8)6(9)3-4;2-1(3)4/h1-3,9H;(H4,2,3,4). The molecule has 2 amide bonds. The first-order valence-corrected chi connectivity index (χ1v) is 3.88. The summed E-state index contributed by atoms with van der Waals surface area (Å²) in [5.74, 6) is 0.0177. The maximum absolute atomic E-state index is 9.00. The number of rotatable bonds is 0. The normalized spacial score (nSPS) is 8.46. The third-order valence-electron chi connectivity index (χ3n) is 0.908. The van der Waals surface area contributed by atoms with Crippen molar-refractivity contribution in [3.8, 4) is 5.75 Å². The molecule has 1 aromatic carbocycles. The van der Waals surface area contributed by atoms with E-state index in [2.05, 4.69) is 11.5 Å². The van der Waals surface area contributed by atoms with Crippen molar-refractivity contribution in [1.29, 1.82) is 0 Å². The highest BCUT2D eigenvalue weighted by Gasteiger charge is 1.95. The van der Waals surface area contributed by atoms with Crippen LogP contribution in [0.15, 0.2) is 18.2 Å². The summed E-state index contributed by atoms with van der Waals surface area (Å²) >= 11 is 11.0. The summed E-state index contributed by atoms with van der Waals surface area (Å²) in [6, 6.07) is 3.72. The van der Waals surface area contributed by atoms with Crippen LogP contribution in [0.4, 0.5) is 4.79 Å². The molecular weight excluding hydrogens is 215 g/mol. The summed E-state index contributed by atoms with van der Waals surface area (Å²) in [4.78, 5) is 9.00. The smallest absolute Gasteiger partial charge is 0.309 e. The Kier molecular flexibility index (Phi) is 5.03. The molecule has 1 rings (SSSR count). The summed E-state index contributed by atoms with van der Waals surface area (Å²) in [6.45, 7) is 0. The molecule has 0 aromatic heterocycles. The number of benzene rings is 1. The van der Waals surface area contributed by atoms with E-state index in [1.54, 1.807) is 12.1 Å². The fraction of sp³-hybridized carbons (Fsp3) is 0. The van der Waals surface area contributed by atoms with Crippen molar-refractivity contribution in [2.75, 3.05) is 0 Å². The van der Waals surface area contributed by atoms with Crippen LogP contribution in [-0.4, -0.2) is 11.1 Å². The lowest BCUT2D eigenvalue weighted by Gasteiger charge is -1.93. The fourth-order valence-corrected chi connectivity index (χ4v) is 0.770. The number of hydrogen-bond donors (Lipinski definition) is 3. The number of urea groups is 1. The lowest BCUT2D eigenvalue weighted by molar-refractivity contribution is 0.256. The van der Waals surface area contributed by atoms with Gasteiger partial charge in [0.1, 0.15) is 5.75 Å². The van der Waals surface area contributed by atoms with E-state index in [-0.39, 0.29) is 5.75 Å². The quantitative estimate of drug-likeness (QED) is 0.625. The molecule has 0 atom stereocenters. The first-order chi connectivity index (χ1) is 5.93. The first kappa shape index (κ1) is 11.9. The highest BCUT2D eigenvalue weighted by atomic mass is 35.5. The molecule has 0 aliphatic carbocycles. The Labute approximate surface area is 85.0 Å². The maximum Gasteiger partial charge on any atom is 0.309 e. The number of amides is 2. The molecule has 5 N–H and O–H groups in total. The number of hydrogen-bond acceptors (Lipinski definition) is 2. The van der Waals surface area contributed by atoms with Gasteiger partial charge in [-0.2, -0.15) is 0 Å². The molecule has 0 radical (unpaired) electrons. The van der Waals surface area contributed by atoms with Gasteiger partial charge in [0.25, 0.3) is 0 Å². The Morgan fingerprint density at radius 3 is 2.08 bits per heavy atom. The van der Waals surface area contributed by atoms with Crippen LogP contribution in [0.5, 0.6) is 5.75 Å². The summed E-state index contributed by atoms with van der Waals surface area (Å²) in [5, 5.41) is 9.69. The van der Waals surface area contributed by atoms with Crippen LogP contribution in [0.1, 0.15) is 0 Å². The largest absolute Gasteiger partial charge is 0.506 e. The lowest BCUT2D eigenvalue weighted by Crippen LogP contribution is -2.18. The summed E-state index contributed by atoms with van der Waals surface area (Å²) in [5.41, 5.74) is 8.50. The van der Waals surface area contributed by atoms with E-state index in [1.165, 1.54) is 6.07 Å². The van der Waals surface area contributed by atoms with E-state index >= 15 is 0 Å². The molecule has 0 fully saturated rings. The van der Waals surface area contributed by atoms with Crippen LogP contribution < -0.4 is 11.5 Å². The monoisotopic (exact) mass is 222 g/mol. The van der Waals surface area contributed by atoms with Gasteiger partial charge in [0.15, 0.2) is 0 Å². The van der Waals surface area contributed by atoms with Crippen molar-refractivity contribution in [2.45, 2.75) is 0 Å². The van der Waals surface area contributed by atoms with Crippen molar-refractivity contribution in [2.24, 2.45) is 11.5 Å². The average molecular weight is 223 g/mol. The topological polar surface area (TPSA) is 89.3 Å². The van der Waals surface area contributed by atoms with Gasteiger partial charge in [0.05, 0.1) is 5.02 Å². The van der Waals surface area contributed by atoms with Gasteiger partial charge in [-0.05, 0) is 12.1 Å². The Morgan fingerprint density at radius 1 is 1.31 bits per heavy atom. The van der Waals surface area contributed by atoms with Gasteiger partial charge >= 0.3 is 6.03 Å². The minimum absolute atomic E-state index is 0.0177. The van der Waals surface area contributed by atoms with E-state index in [0.717, 1.165) is 0 Å². The number of phenols is 1. The number of aromatic hydroxyl groups is 1. The fourth-order valence-electron chi connectivity index (χ4n) is 0.486. The van der Waals surface area contributed by atoms with Crippen molar-refractivity contribution in [3.05, 3.63) is 28.2 Å². The molecule has 0 bridgehead atoms. The molecule has 0 unspecified atom stereocenters. The zero-order valence-electron chi connectivity index (χ0n) is 6.50. The maximum atomic E-state index is 9.00. The number of halogens is 2. The molecule has 72 valence electrons. The van der Waals surface area contributed by atoms with Gasteiger partial charge < -0.3 is 16.6 Å². The molecule has 0 spiro atoms. The zero-order valence-corrected chi connectivity index (χ0v) is 8.01. The second-order valence-corrected chi connectivity index (χ2v) is 2.84. The molecule has 0 saturated carbocycles. The SMILES string of the molecule is NC(N)=O.Oc1cc(Cl)ccc1Cl. The van der Waals surface area contributed by atoms with E-state index in [0.29, 0.717) is 10.0 Å². The third-order valence-corrected chi connectivity index (χ3v) is 1.46. The van der Waals surface area contributed by atoms with E-state index in [9.17, 15) is 0 Å². The number of nitrogens with two attached hydrogens (primary N) is 2. The highest BCUT2D eigenvalue weighted by molar-refractivity contribution is 6.34. The third kappa shape index (κ3) is 6.07. The average Bonchev–Trinajstić information content (AvgIpc) is 1.96. The number of primary amides is 2. The van der Waals surface area contributed by atoms with Crippen molar-refractivity contribution in [1.82, 2.24) is 0 Å². The number of carbonyl (C=O) groups is 1. The molecule has 6 heteroatoms. The van der Waals surface area contributed by atoms with E-state index < -0.39 is 6.03 Å². The molecule has 1 aromatic rings. The lowest BCUT2D eigenvalue weighted by atomic mass is 10.3. The Morgan fingerprint density at radius 2 is 1.77 bits per heavy atom. The van der Waals surface area contributed by atoms with Gasteiger partial charge in [0, 0.05) is 11.1 Å². The van der Waals surface area contributed by atoms with E-state index in [1.807, 2.05) is 0 Å². The van der Waals surface area contributed by atoms with Crippen LogP contribution in [-0.2, 0) is 0 Å². The van der Waals surface area contributed by atoms with Gasteiger partial charge in [-0.3, -0.25) is 0 Å². The molecule has 0 aliphatic rings. The van der Waals surface area contributed by atoms with Gasteiger partial charge in [-0.15, -0.1) is 0 Å². The van der Waals surface area contributed by atoms with E-state index in [4.69, 9.17) is 33.1 Å². The number of phenolic OH excluding ortho intramolecular Hbond substituents is 1. The zero-order chi connectivity index (χ0) is 10.4. The van der Waals surface area contributed by atoms with Crippen molar-refractivity contribution in [3.63, 3.8) is 0 Å². The van der Waals surface area contributed by atoms with Crippen LogP contribution in [0.3, 0.4) is 0 Å². The summed E-state index contributed by atoms with van der Waals surface area (Å²) in [7, 11) is 0. The van der Waals surface area contributed by atoms with Crippen LogP contribution in [0, 0.1) is 0 Å². The number of carbonyl (C=O) groups excluding carboxylic acids is 1. The Hall–Kier alpha value is -1.13. The van der Waals surface area contributed by atoms with Crippen LogP contribution in [0.2, 0.25) is 10.0 Å². The summed E-state index contributed by atoms with van der Waals surface area (Å²) < 4.78 is 0. The minimum Gasteiger partial charge on any atom is -0.506 e. The Balaban J connectivity index is 0.000000310. The van der Waals surface area contributed by atoms with Gasteiger partial charge in [-0.25, -0.2) is 4.79 Å². The van der Waals surface area contributed by atoms with Crippen LogP contribution in [0.25, 0.3) is 0 Å². The second kappa shape index (κ2) is 5.50. The molecule has 0 saturated heterocycles. The Bertz CT molecular complexity index is 301. The molecular formula is C7H8Cl2N2O2. The molecule has 0 heterocycles. The first-order valence-electron chi connectivity index (χ1n) is 3.12. The predicted octanol–water partition coefficient (Wildman–Crippen LogP) is 1.72. The molecule has 13 heavy (non-hydrogen) atoms. The molecule has 4 nitrogen and oxygen atoms in total. The molecule has 0 aliphatic heterocycles. The highest BCUT2D eigenvalue weighted by Crippen LogP contribution is 2.25. The van der Waals surface area contributed by atoms with Gasteiger partial charge in [-0.1, -0.05) is 23.2 Å². The van der Waals surface area contributed by atoms with Crippen molar-refractivity contribution >= 4 is 29.2 Å². The van der Waals surface area contributed by atoms with Crippen molar-refractivity contribution < 1.29 is 9.90 Å². The predicted molar refractivity (Wildman–Crippen MR) is 51.9 cm³/mol. The van der Waals surface area contributed by atoms with Gasteiger partial charge in [0.2, 0.25) is 0 Å². The summed E-state index contributed by atoms with van der Waals surface area (Å²) in [6.07, 6.45) is 0.